The second kappa shape index (κ2) is 5.87. The molecule has 0 bridgehead atoms. The molecule has 2 aromatic carbocycles. The van der Waals surface area contributed by atoms with Crippen molar-refractivity contribution in [3.05, 3.63) is 67.1 Å². The summed E-state index contributed by atoms with van der Waals surface area (Å²) in [5, 5.41) is 0.347. The second-order valence-electron chi connectivity index (χ2n) is 3.93. The highest BCUT2D eigenvalue weighted by Gasteiger charge is 2.18. The maximum Gasteiger partial charge on any atom is 0.129 e. The number of rotatable bonds is 2. The van der Waals surface area contributed by atoms with E-state index < -0.39 is 17.7 Å². The van der Waals surface area contributed by atoms with Gasteiger partial charge in [-0.2, -0.15) is 0 Å². The zero-order valence-corrected chi connectivity index (χ0v) is 13.4. The normalized spacial score (nSPS) is 12.5. The molecule has 2 aromatic rings. The maximum absolute atomic E-state index is 13.9. The van der Waals surface area contributed by atoms with Gasteiger partial charge in [-0.3, -0.25) is 0 Å². The number of hydrogen-bond acceptors (Lipinski definition) is 1. The fourth-order valence-corrected chi connectivity index (χ4v) is 2.68. The van der Waals surface area contributed by atoms with Gasteiger partial charge in [0.15, 0.2) is 0 Å². The molecule has 0 fully saturated rings. The van der Waals surface area contributed by atoms with E-state index in [9.17, 15) is 8.78 Å². The highest BCUT2D eigenvalue weighted by atomic mass is 79.9. The number of benzene rings is 2. The van der Waals surface area contributed by atoms with Gasteiger partial charge < -0.3 is 5.73 Å². The summed E-state index contributed by atoms with van der Waals surface area (Å²) < 4.78 is 28.2. The fourth-order valence-electron chi connectivity index (χ4n) is 1.70. The predicted octanol–water partition coefficient (Wildman–Crippen LogP) is 5.19. The molecule has 19 heavy (non-hydrogen) atoms. The van der Waals surface area contributed by atoms with Crippen molar-refractivity contribution < 1.29 is 8.78 Å². The molecule has 0 aliphatic rings. The molecular formula is C13H8Br2ClF2N. The van der Waals surface area contributed by atoms with Crippen molar-refractivity contribution in [3.8, 4) is 0 Å². The molecule has 2 N–H and O–H groups in total. The molecule has 0 spiro atoms. The van der Waals surface area contributed by atoms with Gasteiger partial charge in [-0.25, -0.2) is 8.78 Å². The quantitative estimate of drug-likeness (QED) is 0.676. The summed E-state index contributed by atoms with van der Waals surface area (Å²) in [6, 6.07) is 5.96. The van der Waals surface area contributed by atoms with Crippen LogP contribution in [0.15, 0.2) is 39.3 Å². The molecule has 0 saturated heterocycles. The number of hydrogen-bond donors (Lipinski definition) is 1. The van der Waals surface area contributed by atoms with E-state index >= 15 is 0 Å². The average molecular weight is 411 g/mol. The highest BCUT2D eigenvalue weighted by Crippen LogP contribution is 2.33. The Morgan fingerprint density at radius 3 is 2.37 bits per heavy atom. The molecule has 100 valence electrons. The molecular weight excluding hydrogens is 403 g/mol. The SMILES string of the molecule is NC(c1cc(Cl)c(Br)cc1F)c1cc(F)ccc1Br. The van der Waals surface area contributed by atoms with Gasteiger partial charge in [0.2, 0.25) is 0 Å². The van der Waals surface area contributed by atoms with E-state index in [1.807, 2.05) is 0 Å². The van der Waals surface area contributed by atoms with Crippen LogP contribution in [0.1, 0.15) is 17.2 Å². The van der Waals surface area contributed by atoms with Gasteiger partial charge in [0.1, 0.15) is 11.6 Å². The fraction of sp³-hybridized carbons (Fsp3) is 0.0769. The van der Waals surface area contributed by atoms with E-state index in [1.54, 1.807) is 0 Å². The lowest BCUT2D eigenvalue weighted by Crippen LogP contribution is -2.14. The Labute approximate surface area is 131 Å². The van der Waals surface area contributed by atoms with Crippen molar-refractivity contribution in [1.82, 2.24) is 0 Å². The zero-order chi connectivity index (χ0) is 14.2. The summed E-state index contributed by atoms with van der Waals surface area (Å²) in [5.41, 5.74) is 6.66. The monoisotopic (exact) mass is 409 g/mol. The van der Waals surface area contributed by atoms with Gasteiger partial charge in [-0.1, -0.05) is 27.5 Å². The molecule has 2 rings (SSSR count). The Bertz CT molecular complexity index is 634. The smallest absolute Gasteiger partial charge is 0.129 e. The topological polar surface area (TPSA) is 26.0 Å². The van der Waals surface area contributed by atoms with Gasteiger partial charge in [0.25, 0.3) is 0 Å². The number of halogens is 5. The highest BCUT2D eigenvalue weighted by molar-refractivity contribution is 9.10. The minimum atomic E-state index is -0.810. The Morgan fingerprint density at radius 1 is 1.00 bits per heavy atom. The van der Waals surface area contributed by atoms with Crippen LogP contribution >= 0.6 is 43.5 Å². The average Bonchev–Trinajstić information content (AvgIpc) is 2.36. The van der Waals surface area contributed by atoms with Crippen molar-refractivity contribution in [2.75, 3.05) is 0 Å². The Balaban J connectivity index is 2.52. The van der Waals surface area contributed by atoms with Crippen LogP contribution in [0.2, 0.25) is 5.02 Å². The van der Waals surface area contributed by atoms with Gasteiger partial charge in [0.05, 0.1) is 11.1 Å². The Kier molecular flexibility index (Phi) is 4.61. The van der Waals surface area contributed by atoms with Crippen molar-refractivity contribution in [2.45, 2.75) is 6.04 Å². The lowest BCUT2D eigenvalue weighted by Gasteiger charge is -2.16. The third kappa shape index (κ3) is 3.16. The van der Waals surface area contributed by atoms with E-state index in [1.165, 1.54) is 30.3 Å². The first-order chi connectivity index (χ1) is 8.90. The first-order valence-corrected chi connectivity index (χ1v) is 7.21. The third-order valence-corrected chi connectivity index (χ3v) is 4.59. The van der Waals surface area contributed by atoms with Gasteiger partial charge in [0, 0.05) is 14.5 Å². The van der Waals surface area contributed by atoms with Crippen molar-refractivity contribution >= 4 is 43.5 Å². The summed E-state index contributed by atoms with van der Waals surface area (Å²) in [6.45, 7) is 0. The summed E-state index contributed by atoms with van der Waals surface area (Å²) in [4.78, 5) is 0. The minimum Gasteiger partial charge on any atom is -0.320 e. The number of nitrogens with two attached hydrogens (primary N) is 1. The third-order valence-electron chi connectivity index (χ3n) is 2.67. The van der Waals surface area contributed by atoms with E-state index in [-0.39, 0.29) is 5.56 Å². The maximum atomic E-state index is 13.9. The molecule has 0 radical (unpaired) electrons. The summed E-state index contributed by atoms with van der Waals surface area (Å²) in [5.74, 6) is -0.933. The molecule has 1 atom stereocenters. The Hall–Kier alpha value is -0.490. The van der Waals surface area contributed by atoms with Crippen LogP contribution in [0.5, 0.6) is 0 Å². The standard InChI is InChI=1S/C13H8Br2ClF2N/c14-9-2-1-6(17)3-7(9)13(19)8-4-11(16)10(15)5-12(8)18/h1-5,13H,19H2. The van der Waals surface area contributed by atoms with Crippen molar-refractivity contribution in [3.63, 3.8) is 0 Å². The predicted molar refractivity (Wildman–Crippen MR) is 79.2 cm³/mol. The molecule has 0 saturated carbocycles. The van der Waals surface area contributed by atoms with Crippen LogP contribution in [-0.4, -0.2) is 0 Å². The van der Waals surface area contributed by atoms with Crippen molar-refractivity contribution in [2.24, 2.45) is 5.73 Å². The van der Waals surface area contributed by atoms with E-state index in [2.05, 4.69) is 31.9 Å². The first-order valence-electron chi connectivity index (χ1n) is 5.25. The molecule has 0 aliphatic heterocycles. The molecule has 6 heteroatoms. The van der Waals surface area contributed by atoms with Crippen LogP contribution in [-0.2, 0) is 0 Å². The molecule has 1 nitrogen and oxygen atoms in total. The largest absolute Gasteiger partial charge is 0.320 e. The van der Waals surface area contributed by atoms with E-state index in [0.29, 0.717) is 19.5 Å². The summed E-state index contributed by atoms with van der Waals surface area (Å²) in [7, 11) is 0. The lowest BCUT2D eigenvalue weighted by molar-refractivity contribution is 0.594. The summed E-state index contributed by atoms with van der Waals surface area (Å²) in [6.07, 6.45) is 0. The molecule has 1 unspecified atom stereocenters. The van der Waals surface area contributed by atoms with E-state index in [4.69, 9.17) is 17.3 Å². The van der Waals surface area contributed by atoms with Crippen LogP contribution in [0.3, 0.4) is 0 Å². The zero-order valence-electron chi connectivity index (χ0n) is 9.43. The molecule has 0 aromatic heterocycles. The van der Waals surface area contributed by atoms with Gasteiger partial charge in [-0.15, -0.1) is 0 Å². The second-order valence-corrected chi connectivity index (χ2v) is 6.05. The summed E-state index contributed by atoms with van der Waals surface area (Å²) >= 11 is 12.3. The lowest BCUT2D eigenvalue weighted by atomic mass is 9.99. The van der Waals surface area contributed by atoms with Crippen LogP contribution in [0.25, 0.3) is 0 Å². The Morgan fingerprint density at radius 2 is 1.68 bits per heavy atom. The first kappa shape index (κ1) is 14.9. The molecule has 0 amide bonds. The van der Waals surface area contributed by atoms with Gasteiger partial charge in [-0.05, 0) is 51.8 Å². The van der Waals surface area contributed by atoms with E-state index in [0.717, 1.165) is 0 Å². The van der Waals surface area contributed by atoms with Gasteiger partial charge >= 0.3 is 0 Å². The molecule has 0 aliphatic carbocycles. The van der Waals surface area contributed by atoms with Crippen LogP contribution in [0.4, 0.5) is 8.78 Å². The van der Waals surface area contributed by atoms with Crippen molar-refractivity contribution in [1.29, 1.82) is 0 Å². The van der Waals surface area contributed by atoms with Crippen LogP contribution < -0.4 is 5.73 Å². The molecule has 0 heterocycles. The minimum absolute atomic E-state index is 0.208. The van der Waals surface area contributed by atoms with Crippen LogP contribution in [0, 0.1) is 11.6 Å².